The van der Waals surface area contributed by atoms with Crippen molar-refractivity contribution in [1.82, 2.24) is 14.8 Å². The van der Waals surface area contributed by atoms with Crippen molar-refractivity contribution in [2.75, 3.05) is 20.1 Å². The Bertz CT molecular complexity index is 782. The molecule has 0 spiro atoms. The Hall–Kier alpha value is -1.65. The Kier molecular flexibility index (Phi) is 3.74. The third-order valence-electron chi connectivity index (χ3n) is 5.67. The highest BCUT2D eigenvalue weighted by molar-refractivity contribution is 5.79. The SMILES string of the molecule is Cc1ccc2[nH]c(CN3CC[C@H]4CC[C@@H](C3)N4C)cc(=O)c2c1. The minimum absolute atomic E-state index is 0.130. The van der Waals surface area contributed by atoms with Crippen LogP contribution in [0, 0.1) is 6.92 Å². The number of fused-ring (bicyclic) bond motifs is 3. The molecule has 1 N–H and O–H groups in total. The molecule has 0 unspecified atom stereocenters. The van der Waals surface area contributed by atoms with Gasteiger partial charge in [-0.15, -0.1) is 0 Å². The zero-order valence-corrected chi connectivity index (χ0v) is 14.0. The van der Waals surface area contributed by atoms with Gasteiger partial charge >= 0.3 is 0 Å². The molecule has 0 radical (unpaired) electrons. The van der Waals surface area contributed by atoms with Gasteiger partial charge in [0.05, 0.1) is 0 Å². The van der Waals surface area contributed by atoms with Gasteiger partial charge in [-0.25, -0.2) is 0 Å². The topological polar surface area (TPSA) is 39.3 Å². The molecule has 122 valence electrons. The summed E-state index contributed by atoms with van der Waals surface area (Å²) in [5.74, 6) is 0. The van der Waals surface area contributed by atoms with Gasteiger partial charge in [-0.05, 0) is 45.4 Å². The van der Waals surface area contributed by atoms with Crippen LogP contribution in [0.4, 0.5) is 0 Å². The molecule has 2 fully saturated rings. The van der Waals surface area contributed by atoms with Crippen molar-refractivity contribution in [3.8, 4) is 0 Å². The van der Waals surface area contributed by atoms with Crippen LogP contribution in [0.2, 0.25) is 0 Å². The predicted octanol–water partition coefficient (Wildman–Crippen LogP) is 2.51. The highest BCUT2D eigenvalue weighted by atomic mass is 16.1. The van der Waals surface area contributed by atoms with E-state index in [0.29, 0.717) is 6.04 Å². The molecule has 4 rings (SSSR count). The number of likely N-dealkylation sites (N-methyl/N-ethyl adjacent to an activating group) is 1. The van der Waals surface area contributed by atoms with E-state index in [9.17, 15) is 4.79 Å². The van der Waals surface area contributed by atoms with Gasteiger partial charge in [-0.3, -0.25) is 14.6 Å². The Labute approximate surface area is 137 Å². The van der Waals surface area contributed by atoms with E-state index in [1.807, 2.05) is 19.1 Å². The number of H-pyrrole nitrogens is 1. The molecule has 2 aliphatic heterocycles. The zero-order chi connectivity index (χ0) is 16.0. The number of aromatic nitrogens is 1. The number of nitrogens with zero attached hydrogens (tertiary/aromatic N) is 2. The third-order valence-corrected chi connectivity index (χ3v) is 5.67. The molecule has 1 aromatic carbocycles. The molecule has 4 nitrogen and oxygen atoms in total. The lowest BCUT2D eigenvalue weighted by Crippen LogP contribution is -2.36. The smallest absolute Gasteiger partial charge is 0.189 e. The fraction of sp³-hybridized carbons (Fsp3) is 0.526. The van der Waals surface area contributed by atoms with E-state index in [1.165, 1.54) is 19.3 Å². The second-order valence-electron chi connectivity index (χ2n) is 7.28. The quantitative estimate of drug-likeness (QED) is 0.926. The molecule has 0 saturated carbocycles. The molecule has 2 aliphatic rings. The van der Waals surface area contributed by atoms with Gasteiger partial charge in [0.2, 0.25) is 0 Å². The number of pyridine rings is 1. The van der Waals surface area contributed by atoms with Crippen molar-refractivity contribution >= 4 is 10.9 Å². The highest BCUT2D eigenvalue weighted by Crippen LogP contribution is 2.28. The van der Waals surface area contributed by atoms with Crippen LogP contribution in [-0.2, 0) is 6.54 Å². The molecule has 3 heterocycles. The van der Waals surface area contributed by atoms with Crippen LogP contribution >= 0.6 is 0 Å². The Balaban J connectivity index is 1.58. The summed E-state index contributed by atoms with van der Waals surface area (Å²) in [5.41, 5.74) is 3.24. The van der Waals surface area contributed by atoms with Gasteiger partial charge in [0.15, 0.2) is 5.43 Å². The number of hydrogen-bond donors (Lipinski definition) is 1. The first-order chi connectivity index (χ1) is 11.1. The van der Waals surface area contributed by atoms with Gasteiger partial charge in [0.25, 0.3) is 0 Å². The summed E-state index contributed by atoms with van der Waals surface area (Å²) in [6.07, 6.45) is 3.90. The molecule has 1 aromatic heterocycles. The first kappa shape index (κ1) is 14.9. The molecule has 23 heavy (non-hydrogen) atoms. The summed E-state index contributed by atoms with van der Waals surface area (Å²) >= 11 is 0. The van der Waals surface area contributed by atoms with Crippen LogP contribution < -0.4 is 5.43 Å². The summed E-state index contributed by atoms with van der Waals surface area (Å²) in [6.45, 7) is 5.10. The molecule has 0 aliphatic carbocycles. The van der Waals surface area contributed by atoms with Gasteiger partial charge in [0.1, 0.15) is 0 Å². The third kappa shape index (κ3) is 2.81. The number of rotatable bonds is 2. The number of nitrogens with one attached hydrogen (secondary N) is 1. The second kappa shape index (κ2) is 5.77. The second-order valence-corrected chi connectivity index (χ2v) is 7.28. The van der Waals surface area contributed by atoms with Crippen molar-refractivity contribution in [2.24, 2.45) is 0 Å². The Morgan fingerprint density at radius 3 is 2.87 bits per heavy atom. The molecule has 2 atom stereocenters. The average molecular weight is 311 g/mol. The summed E-state index contributed by atoms with van der Waals surface area (Å²) in [4.78, 5) is 20.9. The lowest BCUT2D eigenvalue weighted by atomic mass is 10.1. The van der Waals surface area contributed by atoms with Crippen LogP contribution in [0.5, 0.6) is 0 Å². The highest BCUT2D eigenvalue weighted by Gasteiger charge is 2.34. The lowest BCUT2D eigenvalue weighted by molar-refractivity contribution is 0.213. The molecular formula is C19H25N3O. The van der Waals surface area contributed by atoms with Crippen molar-refractivity contribution in [3.63, 3.8) is 0 Å². The van der Waals surface area contributed by atoms with Gasteiger partial charge in [-0.2, -0.15) is 0 Å². The van der Waals surface area contributed by atoms with Crippen LogP contribution in [0.15, 0.2) is 29.1 Å². The summed E-state index contributed by atoms with van der Waals surface area (Å²) < 4.78 is 0. The average Bonchev–Trinajstić information content (AvgIpc) is 2.76. The number of hydrogen-bond acceptors (Lipinski definition) is 3. The molecule has 2 bridgehead atoms. The van der Waals surface area contributed by atoms with Crippen molar-refractivity contribution in [2.45, 2.75) is 44.8 Å². The normalized spacial score (nSPS) is 25.8. The molecule has 0 amide bonds. The fourth-order valence-electron chi connectivity index (χ4n) is 4.26. The first-order valence-electron chi connectivity index (χ1n) is 8.67. The van der Waals surface area contributed by atoms with Gasteiger partial charge < -0.3 is 4.98 Å². The minimum Gasteiger partial charge on any atom is -0.357 e. The number of aryl methyl sites for hydroxylation is 1. The maximum Gasteiger partial charge on any atom is 0.189 e. The van der Waals surface area contributed by atoms with Crippen molar-refractivity contribution in [3.05, 3.63) is 45.7 Å². The van der Waals surface area contributed by atoms with Crippen LogP contribution in [0.1, 0.15) is 30.5 Å². The van der Waals surface area contributed by atoms with E-state index >= 15 is 0 Å². The lowest BCUT2D eigenvalue weighted by Gasteiger charge is -2.25. The predicted molar refractivity (Wildman–Crippen MR) is 93.8 cm³/mol. The minimum atomic E-state index is 0.130. The first-order valence-corrected chi connectivity index (χ1v) is 8.67. The van der Waals surface area contributed by atoms with Crippen LogP contribution in [0.25, 0.3) is 10.9 Å². The van der Waals surface area contributed by atoms with E-state index in [1.54, 1.807) is 6.07 Å². The molecule has 4 heteroatoms. The van der Waals surface area contributed by atoms with Gasteiger partial charge in [0, 0.05) is 54.4 Å². The number of benzene rings is 1. The van der Waals surface area contributed by atoms with Crippen LogP contribution in [-0.4, -0.2) is 47.0 Å². The van der Waals surface area contributed by atoms with E-state index in [4.69, 9.17) is 0 Å². The standard InChI is InChI=1S/C19H25N3O/c1-13-3-6-18-17(9-13)19(23)10-14(20-18)11-22-8-7-15-4-5-16(12-22)21(15)2/h3,6,9-10,15-16H,4-5,7-8,11-12H2,1-2H3,(H,20,23)/t15-,16+/m1/s1. The number of aromatic amines is 1. The Morgan fingerprint density at radius 2 is 2.00 bits per heavy atom. The van der Waals surface area contributed by atoms with Crippen molar-refractivity contribution in [1.29, 1.82) is 0 Å². The van der Waals surface area contributed by atoms with E-state index in [2.05, 4.69) is 27.9 Å². The van der Waals surface area contributed by atoms with Crippen LogP contribution in [0.3, 0.4) is 0 Å². The Morgan fingerprint density at radius 1 is 1.17 bits per heavy atom. The van der Waals surface area contributed by atoms with E-state index < -0.39 is 0 Å². The molecular weight excluding hydrogens is 286 g/mol. The van der Waals surface area contributed by atoms with E-state index in [0.717, 1.165) is 47.8 Å². The zero-order valence-electron chi connectivity index (χ0n) is 14.0. The van der Waals surface area contributed by atoms with Crippen molar-refractivity contribution < 1.29 is 0 Å². The summed E-state index contributed by atoms with van der Waals surface area (Å²) in [5, 5.41) is 0.795. The van der Waals surface area contributed by atoms with Gasteiger partial charge in [-0.1, -0.05) is 11.6 Å². The summed E-state index contributed by atoms with van der Waals surface area (Å²) in [6, 6.07) is 9.27. The largest absolute Gasteiger partial charge is 0.357 e. The fourth-order valence-corrected chi connectivity index (χ4v) is 4.26. The summed E-state index contributed by atoms with van der Waals surface area (Å²) in [7, 11) is 2.27. The van der Waals surface area contributed by atoms with E-state index in [-0.39, 0.29) is 5.43 Å². The maximum atomic E-state index is 12.4. The molecule has 2 saturated heterocycles. The number of likely N-dealkylation sites (tertiary alicyclic amines) is 1. The molecule has 2 aromatic rings. The monoisotopic (exact) mass is 311 g/mol. The maximum absolute atomic E-state index is 12.4.